The summed E-state index contributed by atoms with van der Waals surface area (Å²) in [4.78, 5) is 4.99. The van der Waals surface area contributed by atoms with Gasteiger partial charge in [0.25, 0.3) is 0 Å². The van der Waals surface area contributed by atoms with Crippen molar-refractivity contribution in [2.24, 2.45) is 0 Å². The Hall–Kier alpha value is -2.15. The Bertz CT molecular complexity index is 734. The third-order valence-electron chi connectivity index (χ3n) is 6.05. The molecular weight excluding hydrogens is 340 g/mol. The van der Waals surface area contributed by atoms with Crippen LogP contribution in [-0.2, 0) is 0 Å². The van der Waals surface area contributed by atoms with Crippen LogP contribution < -0.4 is 9.64 Å². The molecule has 1 aliphatic carbocycles. The number of nitrogens with zero attached hydrogens (tertiary/aromatic N) is 6. The Kier molecular flexibility index (Phi) is 5.57. The Labute approximate surface area is 161 Å². The number of hydrogen-bond donors (Lipinski definition) is 0. The molecule has 0 N–H and O–H groups in total. The predicted molar refractivity (Wildman–Crippen MR) is 105 cm³/mol. The minimum atomic E-state index is 0.299. The van der Waals surface area contributed by atoms with Gasteiger partial charge in [-0.05, 0) is 41.8 Å². The molecule has 2 aliphatic rings. The molecule has 7 nitrogen and oxygen atoms in total. The topological polar surface area (TPSA) is 59.3 Å². The lowest BCUT2D eigenvalue weighted by Crippen LogP contribution is -2.48. The van der Waals surface area contributed by atoms with E-state index in [1.54, 1.807) is 7.11 Å². The molecule has 4 rings (SSSR count). The van der Waals surface area contributed by atoms with E-state index in [2.05, 4.69) is 55.1 Å². The summed E-state index contributed by atoms with van der Waals surface area (Å²) in [5.74, 6) is 1.97. The Morgan fingerprint density at radius 3 is 2.63 bits per heavy atom. The van der Waals surface area contributed by atoms with Crippen LogP contribution in [0.15, 0.2) is 24.3 Å². The van der Waals surface area contributed by atoms with E-state index < -0.39 is 0 Å². The molecule has 7 heteroatoms. The van der Waals surface area contributed by atoms with Crippen molar-refractivity contribution in [3.63, 3.8) is 0 Å². The van der Waals surface area contributed by atoms with E-state index in [-0.39, 0.29) is 0 Å². The lowest BCUT2D eigenvalue weighted by molar-refractivity contribution is 0.166. The van der Waals surface area contributed by atoms with E-state index in [0.717, 1.165) is 44.2 Å². The van der Waals surface area contributed by atoms with E-state index in [0.29, 0.717) is 12.1 Å². The van der Waals surface area contributed by atoms with Gasteiger partial charge in [0.1, 0.15) is 5.75 Å². The molecule has 1 saturated heterocycles. The molecule has 146 valence electrons. The van der Waals surface area contributed by atoms with Crippen LogP contribution in [-0.4, -0.2) is 58.4 Å². The van der Waals surface area contributed by atoms with Gasteiger partial charge in [-0.15, -0.1) is 5.10 Å². The molecule has 0 radical (unpaired) electrons. The summed E-state index contributed by atoms with van der Waals surface area (Å²) in [6, 6.07) is 9.13. The van der Waals surface area contributed by atoms with Gasteiger partial charge >= 0.3 is 0 Å². The van der Waals surface area contributed by atoms with E-state index in [1.165, 1.54) is 31.4 Å². The summed E-state index contributed by atoms with van der Waals surface area (Å²) < 4.78 is 7.49. The van der Waals surface area contributed by atoms with Gasteiger partial charge in [0.2, 0.25) is 0 Å². The fraction of sp³-hybridized carbons (Fsp3) is 0.650. The molecule has 27 heavy (non-hydrogen) atoms. The molecule has 1 saturated carbocycles. The zero-order chi connectivity index (χ0) is 18.6. The number of rotatable bonds is 6. The first-order valence-electron chi connectivity index (χ1n) is 10.2. The first kappa shape index (κ1) is 18.2. The minimum absolute atomic E-state index is 0.299. The number of benzene rings is 1. The van der Waals surface area contributed by atoms with Crippen LogP contribution in [0.2, 0.25) is 0 Å². The second-order valence-corrected chi connectivity index (χ2v) is 7.57. The summed E-state index contributed by atoms with van der Waals surface area (Å²) in [5.41, 5.74) is 1.23. The summed E-state index contributed by atoms with van der Waals surface area (Å²) >= 11 is 0. The molecule has 0 spiro atoms. The van der Waals surface area contributed by atoms with Gasteiger partial charge in [0.05, 0.1) is 19.2 Å². The van der Waals surface area contributed by atoms with Crippen molar-refractivity contribution in [2.45, 2.75) is 51.1 Å². The van der Waals surface area contributed by atoms with E-state index in [1.807, 2.05) is 6.07 Å². The van der Waals surface area contributed by atoms with Crippen LogP contribution in [0, 0.1) is 0 Å². The Balaban J connectivity index is 1.44. The maximum atomic E-state index is 5.37. The highest BCUT2D eigenvalue weighted by molar-refractivity contribution is 5.51. The van der Waals surface area contributed by atoms with Crippen molar-refractivity contribution in [1.82, 2.24) is 25.1 Å². The zero-order valence-corrected chi connectivity index (χ0v) is 16.4. The van der Waals surface area contributed by atoms with Crippen LogP contribution in [0.5, 0.6) is 5.75 Å². The molecule has 1 atom stereocenters. The fourth-order valence-corrected chi connectivity index (χ4v) is 4.53. The third-order valence-corrected chi connectivity index (χ3v) is 6.05. The lowest BCUT2D eigenvalue weighted by atomic mass is 10.1. The highest BCUT2D eigenvalue weighted by atomic mass is 16.5. The fourth-order valence-electron chi connectivity index (χ4n) is 4.53. The predicted octanol–water partition coefficient (Wildman–Crippen LogP) is 3.07. The second-order valence-electron chi connectivity index (χ2n) is 7.57. The Morgan fingerprint density at radius 2 is 1.93 bits per heavy atom. The molecule has 0 amide bonds. The number of ether oxygens (including phenoxy) is 1. The first-order valence-corrected chi connectivity index (χ1v) is 10.2. The summed E-state index contributed by atoms with van der Waals surface area (Å²) in [7, 11) is 1.72. The zero-order valence-electron chi connectivity index (χ0n) is 16.4. The van der Waals surface area contributed by atoms with Gasteiger partial charge in [0.15, 0.2) is 5.82 Å². The normalized spacial score (nSPS) is 20.1. The Morgan fingerprint density at radius 1 is 1.15 bits per heavy atom. The van der Waals surface area contributed by atoms with Crippen molar-refractivity contribution in [2.75, 3.05) is 38.2 Å². The van der Waals surface area contributed by atoms with E-state index in [9.17, 15) is 0 Å². The number of tetrazole rings is 1. The van der Waals surface area contributed by atoms with Crippen molar-refractivity contribution in [3.05, 3.63) is 30.1 Å². The maximum absolute atomic E-state index is 5.37. The largest absolute Gasteiger partial charge is 0.497 e. The number of hydrogen-bond acceptors (Lipinski definition) is 6. The molecule has 2 fully saturated rings. The van der Waals surface area contributed by atoms with Gasteiger partial charge in [-0.2, -0.15) is 0 Å². The summed E-state index contributed by atoms with van der Waals surface area (Å²) in [6.45, 7) is 6.30. The van der Waals surface area contributed by atoms with Crippen LogP contribution in [0.4, 0.5) is 5.69 Å². The second kappa shape index (κ2) is 8.25. The average molecular weight is 371 g/mol. The molecular formula is C20H30N6O. The summed E-state index contributed by atoms with van der Waals surface area (Å²) in [6.07, 6.45) is 6.03. The standard InChI is InChI=1S/C20H30N6O/c1-3-19(20-21-22-23-26(20)16-7-4-5-8-16)25-13-11-24(12-14-25)17-9-6-10-18(15-17)27-2/h6,9-10,15-16,19H,3-5,7-8,11-14H2,1-2H3/t19-/m0/s1. The van der Waals surface area contributed by atoms with Crippen molar-refractivity contribution in [3.8, 4) is 5.75 Å². The van der Waals surface area contributed by atoms with Gasteiger partial charge in [-0.1, -0.05) is 25.8 Å². The van der Waals surface area contributed by atoms with Crippen molar-refractivity contribution >= 4 is 5.69 Å². The monoisotopic (exact) mass is 370 g/mol. The molecule has 0 bridgehead atoms. The highest BCUT2D eigenvalue weighted by Crippen LogP contribution is 2.33. The molecule has 1 aromatic carbocycles. The summed E-state index contributed by atoms with van der Waals surface area (Å²) in [5, 5.41) is 12.8. The number of piperazine rings is 1. The molecule has 0 unspecified atom stereocenters. The van der Waals surface area contributed by atoms with E-state index >= 15 is 0 Å². The van der Waals surface area contributed by atoms with E-state index in [4.69, 9.17) is 4.74 Å². The van der Waals surface area contributed by atoms with Crippen molar-refractivity contribution < 1.29 is 4.74 Å². The number of aromatic nitrogens is 4. The van der Waals surface area contributed by atoms with Gasteiger partial charge < -0.3 is 9.64 Å². The molecule has 2 heterocycles. The maximum Gasteiger partial charge on any atom is 0.168 e. The SMILES string of the molecule is CC[C@@H](c1nnnn1C1CCCC1)N1CCN(c2cccc(OC)c2)CC1. The molecule has 1 aromatic heterocycles. The van der Waals surface area contributed by atoms with Crippen LogP contribution in [0.3, 0.4) is 0 Å². The van der Waals surface area contributed by atoms with Gasteiger partial charge in [0, 0.05) is 37.9 Å². The highest BCUT2D eigenvalue weighted by Gasteiger charge is 2.30. The first-order chi connectivity index (χ1) is 13.3. The lowest BCUT2D eigenvalue weighted by Gasteiger charge is -2.39. The molecule has 1 aliphatic heterocycles. The quantitative estimate of drug-likeness (QED) is 0.779. The number of methoxy groups -OCH3 is 1. The van der Waals surface area contributed by atoms with Crippen LogP contribution in [0.1, 0.15) is 56.9 Å². The van der Waals surface area contributed by atoms with Gasteiger partial charge in [-0.25, -0.2) is 4.68 Å². The third kappa shape index (κ3) is 3.78. The van der Waals surface area contributed by atoms with Crippen molar-refractivity contribution in [1.29, 1.82) is 0 Å². The smallest absolute Gasteiger partial charge is 0.168 e. The minimum Gasteiger partial charge on any atom is -0.497 e. The van der Waals surface area contributed by atoms with Gasteiger partial charge in [-0.3, -0.25) is 4.90 Å². The van der Waals surface area contributed by atoms with Crippen LogP contribution in [0.25, 0.3) is 0 Å². The van der Waals surface area contributed by atoms with Crippen LogP contribution >= 0.6 is 0 Å². The molecule has 2 aromatic rings. The number of anilines is 1. The average Bonchev–Trinajstić information content (AvgIpc) is 3.41.